The zero-order chi connectivity index (χ0) is 10.7. The van der Waals surface area contributed by atoms with E-state index in [0.29, 0.717) is 6.04 Å². The second kappa shape index (κ2) is 4.77. The van der Waals surface area contributed by atoms with Gasteiger partial charge >= 0.3 is 0 Å². The van der Waals surface area contributed by atoms with Gasteiger partial charge in [-0.05, 0) is 37.3 Å². The van der Waals surface area contributed by atoms with E-state index >= 15 is 0 Å². The van der Waals surface area contributed by atoms with Gasteiger partial charge in [-0.15, -0.1) is 0 Å². The van der Waals surface area contributed by atoms with Crippen molar-refractivity contribution in [2.45, 2.75) is 25.3 Å². The molecule has 2 rings (SSSR count). The van der Waals surface area contributed by atoms with Crippen LogP contribution in [-0.4, -0.2) is 19.1 Å². The fourth-order valence-electron chi connectivity index (χ4n) is 2.02. The molecule has 0 aliphatic heterocycles. The SMILES string of the molecule is C[C@@H](CN)NCC1CC1c1ccccc1. The summed E-state index contributed by atoms with van der Waals surface area (Å²) in [6.45, 7) is 3.97. The molecular weight excluding hydrogens is 184 g/mol. The number of hydrogen-bond donors (Lipinski definition) is 2. The van der Waals surface area contributed by atoms with E-state index in [4.69, 9.17) is 5.73 Å². The highest BCUT2D eigenvalue weighted by molar-refractivity contribution is 5.25. The van der Waals surface area contributed by atoms with Gasteiger partial charge in [0, 0.05) is 12.6 Å². The van der Waals surface area contributed by atoms with Crippen molar-refractivity contribution in [3.63, 3.8) is 0 Å². The van der Waals surface area contributed by atoms with Gasteiger partial charge < -0.3 is 11.1 Å². The normalized spacial score (nSPS) is 26.3. The molecule has 3 atom stereocenters. The van der Waals surface area contributed by atoms with Crippen LogP contribution in [0.3, 0.4) is 0 Å². The summed E-state index contributed by atoms with van der Waals surface area (Å²) in [5, 5.41) is 3.47. The van der Waals surface area contributed by atoms with E-state index in [1.165, 1.54) is 12.0 Å². The predicted molar refractivity (Wildman–Crippen MR) is 63.8 cm³/mol. The van der Waals surface area contributed by atoms with Crippen molar-refractivity contribution in [1.82, 2.24) is 5.32 Å². The average molecular weight is 204 g/mol. The molecular formula is C13H20N2. The lowest BCUT2D eigenvalue weighted by molar-refractivity contribution is 0.530. The quantitative estimate of drug-likeness (QED) is 0.766. The van der Waals surface area contributed by atoms with Gasteiger partial charge in [0.25, 0.3) is 0 Å². The van der Waals surface area contributed by atoms with Crippen molar-refractivity contribution in [2.75, 3.05) is 13.1 Å². The lowest BCUT2D eigenvalue weighted by Crippen LogP contribution is -2.34. The highest BCUT2D eigenvalue weighted by atomic mass is 14.9. The third-order valence-corrected chi connectivity index (χ3v) is 3.23. The minimum absolute atomic E-state index is 0.446. The van der Waals surface area contributed by atoms with E-state index in [9.17, 15) is 0 Å². The van der Waals surface area contributed by atoms with Crippen molar-refractivity contribution in [3.8, 4) is 0 Å². The van der Waals surface area contributed by atoms with Crippen molar-refractivity contribution < 1.29 is 0 Å². The molecule has 1 aliphatic carbocycles. The number of hydrogen-bond acceptors (Lipinski definition) is 2. The zero-order valence-electron chi connectivity index (χ0n) is 9.32. The summed E-state index contributed by atoms with van der Waals surface area (Å²) in [5.74, 6) is 1.60. The summed E-state index contributed by atoms with van der Waals surface area (Å²) < 4.78 is 0. The van der Waals surface area contributed by atoms with Gasteiger partial charge in [0.05, 0.1) is 0 Å². The third-order valence-electron chi connectivity index (χ3n) is 3.23. The highest BCUT2D eigenvalue weighted by Crippen LogP contribution is 2.46. The second-order valence-corrected chi connectivity index (χ2v) is 4.56. The summed E-state index contributed by atoms with van der Waals surface area (Å²) in [7, 11) is 0. The van der Waals surface area contributed by atoms with Crippen molar-refractivity contribution in [1.29, 1.82) is 0 Å². The van der Waals surface area contributed by atoms with Crippen LogP contribution in [0.25, 0.3) is 0 Å². The van der Waals surface area contributed by atoms with Crippen LogP contribution >= 0.6 is 0 Å². The van der Waals surface area contributed by atoms with Gasteiger partial charge in [0.1, 0.15) is 0 Å². The summed E-state index contributed by atoms with van der Waals surface area (Å²) in [6, 6.07) is 11.2. The Kier molecular flexibility index (Phi) is 3.39. The Labute approximate surface area is 91.9 Å². The molecule has 2 heteroatoms. The maximum absolute atomic E-state index is 5.56. The molecule has 1 aromatic rings. The zero-order valence-corrected chi connectivity index (χ0v) is 9.32. The predicted octanol–water partition coefficient (Wildman–Crippen LogP) is 1.73. The maximum atomic E-state index is 5.56. The number of benzene rings is 1. The maximum Gasteiger partial charge on any atom is 0.0162 e. The summed E-state index contributed by atoms with van der Waals surface area (Å²) in [5.41, 5.74) is 7.05. The molecule has 2 unspecified atom stereocenters. The molecule has 1 aromatic carbocycles. The van der Waals surface area contributed by atoms with Crippen molar-refractivity contribution in [2.24, 2.45) is 11.7 Å². The lowest BCUT2D eigenvalue weighted by atomic mass is 10.1. The van der Waals surface area contributed by atoms with Gasteiger partial charge in [-0.3, -0.25) is 0 Å². The monoisotopic (exact) mass is 204 g/mol. The molecule has 1 aliphatic rings. The van der Waals surface area contributed by atoms with Crippen molar-refractivity contribution >= 4 is 0 Å². The van der Waals surface area contributed by atoms with E-state index in [2.05, 4.69) is 42.6 Å². The lowest BCUT2D eigenvalue weighted by Gasteiger charge is -2.10. The molecule has 0 bridgehead atoms. The van der Waals surface area contributed by atoms with E-state index in [0.717, 1.165) is 24.9 Å². The van der Waals surface area contributed by atoms with Crippen molar-refractivity contribution in [3.05, 3.63) is 35.9 Å². The summed E-state index contributed by atoms with van der Waals surface area (Å²) in [4.78, 5) is 0. The first kappa shape index (κ1) is 10.7. The first-order valence-electron chi connectivity index (χ1n) is 5.79. The Morgan fingerprint density at radius 3 is 2.80 bits per heavy atom. The molecule has 2 nitrogen and oxygen atoms in total. The molecule has 82 valence electrons. The summed E-state index contributed by atoms with van der Waals surface area (Å²) in [6.07, 6.45) is 1.33. The Hall–Kier alpha value is -0.860. The number of rotatable bonds is 5. The fourth-order valence-corrected chi connectivity index (χ4v) is 2.02. The number of nitrogens with two attached hydrogens (primary N) is 1. The minimum Gasteiger partial charge on any atom is -0.329 e. The molecule has 1 fully saturated rings. The second-order valence-electron chi connectivity index (χ2n) is 4.56. The standard InChI is InChI=1S/C13H20N2/c1-10(8-14)15-9-12-7-13(12)11-5-3-2-4-6-11/h2-6,10,12-13,15H,7-9,14H2,1H3/t10-,12?,13?/m0/s1. The van der Waals surface area contributed by atoms with Crippen LogP contribution in [0.15, 0.2) is 30.3 Å². The van der Waals surface area contributed by atoms with Crippen LogP contribution < -0.4 is 11.1 Å². The van der Waals surface area contributed by atoms with E-state index in [1.807, 2.05) is 0 Å². The van der Waals surface area contributed by atoms with Crippen LogP contribution in [0, 0.1) is 5.92 Å². The molecule has 0 amide bonds. The third kappa shape index (κ3) is 2.80. The van der Waals surface area contributed by atoms with Crippen LogP contribution in [0.2, 0.25) is 0 Å². The van der Waals surface area contributed by atoms with Gasteiger partial charge in [-0.25, -0.2) is 0 Å². The van der Waals surface area contributed by atoms with Gasteiger partial charge in [-0.1, -0.05) is 30.3 Å². The van der Waals surface area contributed by atoms with Crippen LogP contribution in [0.1, 0.15) is 24.8 Å². The molecule has 0 saturated heterocycles. The molecule has 0 heterocycles. The van der Waals surface area contributed by atoms with Gasteiger partial charge in [-0.2, -0.15) is 0 Å². The van der Waals surface area contributed by atoms with E-state index in [1.54, 1.807) is 0 Å². The Balaban J connectivity index is 1.77. The first-order chi connectivity index (χ1) is 7.31. The van der Waals surface area contributed by atoms with E-state index in [-0.39, 0.29) is 0 Å². The Morgan fingerprint density at radius 2 is 2.13 bits per heavy atom. The molecule has 0 spiro atoms. The van der Waals surface area contributed by atoms with Gasteiger partial charge in [0.15, 0.2) is 0 Å². The topological polar surface area (TPSA) is 38.0 Å². The van der Waals surface area contributed by atoms with E-state index < -0.39 is 0 Å². The smallest absolute Gasteiger partial charge is 0.0162 e. The molecule has 0 radical (unpaired) electrons. The molecule has 1 saturated carbocycles. The Bertz CT molecular complexity index is 297. The minimum atomic E-state index is 0.446. The van der Waals surface area contributed by atoms with Crippen LogP contribution in [0.4, 0.5) is 0 Å². The molecule has 0 aromatic heterocycles. The largest absolute Gasteiger partial charge is 0.329 e. The average Bonchev–Trinajstić information content (AvgIpc) is 3.06. The molecule has 3 N–H and O–H groups in total. The fraction of sp³-hybridized carbons (Fsp3) is 0.538. The van der Waals surface area contributed by atoms with Crippen LogP contribution in [0.5, 0.6) is 0 Å². The highest BCUT2D eigenvalue weighted by Gasteiger charge is 2.37. The molecule has 15 heavy (non-hydrogen) atoms. The van der Waals surface area contributed by atoms with Gasteiger partial charge in [0.2, 0.25) is 0 Å². The number of nitrogens with one attached hydrogen (secondary N) is 1. The first-order valence-corrected chi connectivity index (χ1v) is 5.79. The van der Waals surface area contributed by atoms with Crippen LogP contribution in [-0.2, 0) is 0 Å². The Morgan fingerprint density at radius 1 is 1.40 bits per heavy atom. The summed E-state index contributed by atoms with van der Waals surface area (Å²) >= 11 is 0.